The molecule has 2 aromatic rings. The highest BCUT2D eigenvalue weighted by Gasteiger charge is 2.26. The number of hydrogen-bond acceptors (Lipinski definition) is 3. The summed E-state index contributed by atoms with van der Waals surface area (Å²) in [5.74, 6) is -0.742. The van der Waals surface area contributed by atoms with Gasteiger partial charge in [0.1, 0.15) is 0 Å². The summed E-state index contributed by atoms with van der Waals surface area (Å²) in [5.41, 5.74) is 6.07. The molecule has 2 amide bonds. The van der Waals surface area contributed by atoms with Gasteiger partial charge < -0.3 is 5.32 Å². The standard InChI is InChI=1S/C18H18F3N3O2/c19-18(20,21)10-11-23-24-17(26)15-8-6-13(7-9-15)12-22-16(25)14-4-2-1-3-5-14/h1-9,23H,10-12H2,(H,22,25)(H,24,26). The normalized spacial score (nSPS) is 11.0. The van der Waals surface area contributed by atoms with Crippen molar-refractivity contribution in [3.63, 3.8) is 0 Å². The van der Waals surface area contributed by atoms with Gasteiger partial charge in [-0.15, -0.1) is 0 Å². The van der Waals surface area contributed by atoms with Gasteiger partial charge in [0.2, 0.25) is 0 Å². The van der Waals surface area contributed by atoms with Gasteiger partial charge in [0.25, 0.3) is 11.8 Å². The average Bonchev–Trinajstić information content (AvgIpc) is 2.63. The summed E-state index contributed by atoms with van der Waals surface area (Å²) >= 11 is 0. The molecule has 2 rings (SSSR count). The molecular weight excluding hydrogens is 347 g/mol. The second-order valence-electron chi connectivity index (χ2n) is 5.49. The molecule has 0 aliphatic heterocycles. The fourth-order valence-electron chi connectivity index (χ4n) is 2.07. The van der Waals surface area contributed by atoms with Gasteiger partial charge in [0.15, 0.2) is 0 Å². The number of nitrogens with one attached hydrogen (secondary N) is 3. The van der Waals surface area contributed by atoms with Crippen molar-refractivity contribution in [3.8, 4) is 0 Å². The van der Waals surface area contributed by atoms with E-state index in [1.807, 2.05) is 6.07 Å². The summed E-state index contributed by atoms with van der Waals surface area (Å²) in [6, 6.07) is 15.2. The molecule has 2 aromatic carbocycles. The molecule has 26 heavy (non-hydrogen) atoms. The van der Waals surface area contributed by atoms with Crippen LogP contribution in [-0.2, 0) is 6.54 Å². The van der Waals surface area contributed by atoms with E-state index in [1.165, 1.54) is 12.1 Å². The Labute approximate surface area is 148 Å². The maximum Gasteiger partial charge on any atom is 0.390 e. The average molecular weight is 365 g/mol. The van der Waals surface area contributed by atoms with Gasteiger partial charge in [-0.05, 0) is 29.8 Å². The summed E-state index contributed by atoms with van der Waals surface area (Å²) < 4.78 is 36.0. The number of alkyl halides is 3. The lowest BCUT2D eigenvalue weighted by Crippen LogP contribution is -2.39. The van der Waals surface area contributed by atoms with Gasteiger partial charge in [0, 0.05) is 24.2 Å². The lowest BCUT2D eigenvalue weighted by Gasteiger charge is -2.10. The Morgan fingerprint density at radius 2 is 1.46 bits per heavy atom. The Hall–Kier alpha value is -2.87. The molecule has 0 saturated carbocycles. The quantitative estimate of drug-likeness (QED) is 0.522. The van der Waals surface area contributed by atoms with Crippen LogP contribution in [0.5, 0.6) is 0 Å². The van der Waals surface area contributed by atoms with Crippen molar-refractivity contribution in [1.29, 1.82) is 0 Å². The van der Waals surface area contributed by atoms with Crippen molar-refractivity contribution in [2.24, 2.45) is 0 Å². The second-order valence-corrected chi connectivity index (χ2v) is 5.49. The van der Waals surface area contributed by atoms with E-state index in [1.54, 1.807) is 36.4 Å². The van der Waals surface area contributed by atoms with E-state index >= 15 is 0 Å². The number of carbonyl (C=O) groups is 2. The molecule has 0 unspecified atom stereocenters. The van der Waals surface area contributed by atoms with E-state index in [9.17, 15) is 22.8 Å². The van der Waals surface area contributed by atoms with Crippen LogP contribution in [-0.4, -0.2) is 24.5 Å². The van der Waals surface area contributed by atoms with Crippen LogP contribution in [0, 0.1) is 0 Å². The van der Waals surface area contributed by atoms with Crippen molar-refractivity contribution in [2.75, 3.05) is 6.54 Å². The van der Waals surface area contributed by atoms with Gasteiger partial charge in [-0.2, -0.15) is 13.2 Å². The predicted octanol–water partition coefficient (Wildman–Crippen LogP) is 2.80. The van der Waals surface area contributed by atoms with Crippen molar-refractivity contribution < 1.29 is 22.8 Å². The Kier molecular flexibility index (Phi) is 6.74. The minimum absolute atomic E-state index is 0.207. The summed E-state index contributed by atoms with van der Waals surface area (Å²) in [7, 11) is 0. The number of benzene rings is 2. The molecule has 0 bridgehead atoms. The SMILES string of the molecule is O=C(NCc1ccc(C(=O)NNCCC(F)(F)F)cc1)c1ccccc1. The predicted molar refractivity (Wildman–Crippen MR) is 90.2 cm³/mol. The number of amides is 2. The van der Waals surface area contributed by atoms with Gasteiger partial charge >= 0.3 is 6.18 Å². The number of halogens is 3. The zero-order valence-electron chi connectivity index (χ0n) is 13.8. The van der Waals surface area contributed by atoms with E-state index in [4.69, 9.17) is 0 Å². The first kappa shape index (κ1) is 19.5. The number of hydrazine groups is 1. The Bertz CT molecular complexity index is 732. The highest BCUT2D eigenvalue weighted by atomic mass is 19.4. The van der Waals surface area contributed by atoms with Crippen LogP contribution in [0.3, 0.4) is 0 Å². The largest absolute Gasteiger partial charge is 0.390 e. The zero-order valence-corrected chi connectivity index (χ0v) is 13.8. The maximum atomic E-state index is 12.0. The number of hydrogen-bond donors (Lipinski definition) is 3. The third-order valence-corrected chi connectivity index (χ3v) is 3.44. The molecule has 0 aliphatic carbocycles. The van der Waals surface area contributed by atoms with Crippen molar-refractivity contribution in [1.82, 2.24) is 16.2 Å². The molecule has 0 atom stereocenters. The van der Waals surface area contributed by atoms with Crippen LogP contribution in [0.4, 0.5) is 13.2 Å². The lowest BCUT2D eigenvalue weighted by atomic mass is 10.1. The fourth-order valence-corrected chi connectivity index (χ4v) is 2.07. The van der Waals surface area contributed by atoms with Crippen LogP contribution in [0.15, 0.2) is 54.6 Å². The van der Waals surface area contributed by atoms with Crippen LogP contribution in [0.2, 0.25) is 0 Å². The van der Waals surface area contributed by atoms with E-state index in [0.29, 0.717) is 17.7 Å². The number of carbonyl (C=O) groups excluding carboxylic acids is 2. The Balaban J connectivity index is 1.78. The smallest absolute Gasteiger partial charge is 0.348 e. The molecule has 0 heterocycles. The topological polar surface area (TPSA) is 70.2 Å². The van der Waals surface area contributed by atoms with Crippen LogP contribution in [0.25, 0.3) is 0 Å². The third kappa shape index (κ3) is 6.56. The fraction of sp³-hybridized carbons (Fsp3) is 0.222. The Morgan fingerprint density at radius 3 is 2.08 bits per heavy atom. The molecule has 0 fully saturated rings. The minimum Gasteiger partial charge on any atom is -0.348 e. The minimum atomic E-state index is -4.27. The molecule has 0 radical (unpaired) electrons. The highest BCUT2D eigenvalue weighted by molar-refractivity contribution is 5.94. The summed E-state index contributed by atoms with van der Waals surface area (Å²) in [6.07, 6.45) is -5.31. The summed E-state index contributed by atoms with van der Waals surface area (Å²) in [4.78, 5) is 23.8. The second kappa shape index (κ2) is 9.00. The molecule has 8 heteroatoms. The van der Waals surface area contributed by atoms with Crippen LogP contribution < -0.4 is 16.2 Å². The molecule has 0 aromatic heterocycles. The molecule has 0 saturated heterocycles. The Morgan fingerprint density at radius 1 is 0.846 bits per heavy atom. The zero-order chi connectivity index (χ0) is 19.0. The van der Waals surface area contributed by atoms with Crippen molar-refractivity contribution >= 4 is 11.8 Å². The number of rotatable bonds is 7. The van der Waals surface area contributed by atoms with E-state index in [0.717, 1.165) is 5.56 Å². The summed E-state index contributed by atoms with van der Waals surface area (Å²) in [5, 5.41) is 2.76. The van der Waals surface area contributed by atoms with Gasteiger partial charge in [-0.3, -0.25) is 15.0 Å². The van der Waals surface area contributed by atoms with Crippen LogP contribution in [0.1, 0.15) is 32.7 Å². The first-order chi connectivity index (χ1) is 12.3. The van der Waals surface area contributed by atoms with E-state index in [2.05, 4.69) is 16.2 Å². The monoisotopic (exact) mass is 365 g/mol. The summed E-state index contributed by atoms with van der Waals surface area (Å²) in [6.45, 7) is -0.113. The van der Waals surface area contributed by atoms with Crippen LogP contribution >= 0.6 is 0 Å². The van der Waals surface area contributed by atoms with Gasteiger partial charge in [0.05, 0.1) is 6.42 Å². The van der Waals surface area contributed by atoms with E-state index in [-0.39, 0.29) is 5.91 Å². The molecule has 0 spiro atoms. The maximum absolute atomic E-state index is 12.0. The first-order valence-corrected chi connectivity index (χ1v) is 7.87. The van der Waals surface area contributed by atoms with E-state index < -0.39 is 25.0 Å². The van der Waals surface area contributed by atoms with Crippen molar-refractivity contribution in [2.45, 2.75) is 19.1 Å². The molecule has 3 N–H and O–H groups in total. The lowest BCUT2D eigenvalue weighted by molar-refractivity contribution is -0.133. The third-order valence-electron chi connectivity index (χ3n) is 3.44. The first-order valence-electron chi connectivity index (χ1n) is 7.87. The van der Waals surface area contributed by atoms with Gasteiger partial charge in [-0.25, -0.2) is 5.43 Å². The molecular formula is C18H18F3N3O2. The molecule has 5 nitrogen and oxygen atoms in total. The van der Waals surface area contributed by atoms with Gasteiger partial charge in [-0.1, -0.05) is 30.3 Å². The molecule has 0 aliphatic rings. The highest BCUT2D eigenvalue weighted by Crippen LogP contribution is 2.17. The molecule has 138 valence electrons. The van der Waals surface area contributed by atoms with Crippen molar-refractivity contribution in [3.05, 3.63) is 71.3 Å².